The van der Waals surface area contributed by atoms with Crippen LogP contribution in [0.4, 0.5) is 0 Å². The van der Waals surface area contributed by atoms with Gasteiger partial charge in [0.15, 0.2) is 0 Å². The van der Waals surface area contributed by atoms with Crippen LogP contribution >= 0.6 is 11.6 Å². The molecule has 0 unspecified atom stereocenters. The van der Waals surface area contributed by atoms with Crippen LogP contribution in [0.5, 0.6) is 0 Å². The number of alkyl halides is 1. The summed E-state index contributed by atoms with van der Waals surface area (Å²) < 4.78 is 1.94. The molecular formula is C11H20ClN3. The Hall–Kier alpha value is -0.540. The molecule has 1 rings (SSSR count). The Kier molecular flexibility index (Phi) is 4.61. The molecule has 0 bridgehead atoms. The van der Waals surface area contributed by atoms with Gasteiger partial charge in [-0.05, 0) is 27.2 Å². The first-order valence-electron chi connectivity index (χ1n) is 5.40. The molecule has 1 aromatic rings. The molecule has 1 N–H and O–H groups in total. The van der Waals surface area contributed by atoms with E-state index in [4.69, 9.17) is 11.6 Å². The SMILES string of the molecule is CCn1cc(CNC(C)(C)CCCl)cn1. The molecule has 4 heteroatoms. The first-order valence-corrected chi connectivity index (χ1v) is 5.93. The summed E-state index contributed by atoms with van der Waals surface area (Å²) in [5.74, 6) is 0.689. The van der Waals surface area contributed by atoms with Gasteiger partial charge in [-0.3, -0.25) is 4.68 Å². The van der Waals surface area contributed by atoms with Crippen molar-refractivity contribution in [2.45, 2.75) is 45.8 Å². The Morgan fingerprint density at radius 2 is 2.27 bits per heavy atom. The second kappa shape index (κ2) is 5.52. The number of nitrogens with zero attached hydrogens (tertiary/aromatic N) is 2. The van der Waals surface area contributed by atoms with Gasteiger partial charge in [0.1, 0.15) is 0 Å². The zero-order chi connectivity index (χ0) is 11.3. The zero-order valence-electron chi connectivity index (χ0n) is 9.76. The molecule has 3 nitrogen and oxygen atoms in total. The van der Waals surface area contributed by atoms with Gasteiger partial charge < -0.3 is 5.32 Å². The fourth-order valence-corrected chi connectivity index (χ4v) is 1.81. The monoisotopic (exact) mass is 229 g/mol. The first-order chi connectivity index (χ1) is 7.07. The molecule has 0 amide bonds. The molecule has 86 valence electrons. The molecule has 1 heterocycles. The summed E-state index contributed by atoms with van der Waals surface area (Å²) in [6.45, 7) is 8.19. The van der Waals surface area contributed by atoms with Crippen LogP contribution in [-0.4, -0.2) is 21.2 Å². The summed E-state index contributed by atoms with van der Waals surface area (Å²) in [6, 6.07) is 0. The first kappa shape index (κ1) is 12.5. The van der Waals surface area contributed by atoms with Crippen molar-refractivity contribution in [3.05, 3.63) is 18.0 Å². The van der Waals surface area contributed by atoms with E-state index in [1.165, 1.54) is 5.56 Å². The lowest BCUT2D eigenvalue weighted by molar-refractivity contribution is 0.376. The van der Waals surface area contributed by atoms with Gasteiger partial charge in [-0.25, -0.2) is 0 Å². The standard InChI is InChI=1S/C11H20ClN3/c1-4-15-9-10(8-14-15)7-13-11(2,3)5-6-12/h8-9,13H,4-7H2,1-3H3. The van der Waals surface area contributed by atoms with Crippen LogP contribution in [0.1, 0.15) is 32.8 Å². The van der Waals surface area contributed by atoms with E-state index in [0.29, 0.717) is 5.88 Å². The number of halogens is 1. The van der Waals surface area contributed by atoms with Crippen molar-refractivity contribution in [1.29, 1.82) is 0 Å². The van der Waals surface area contributed by atoms with Gasteiger partial charge in [-0.15, -0.1) is 11.6 Å². The van der Waals surface area contributed by atoms with Crippen LogP contribution in [0, 0.1) is 0 Å². The second-order valence-electron chi connectivity index (χ2n) is 4.38. The van der Waals surface area contributed by atoms with Gasteiger partial charge in [0.05, 0.1) is 6.20 Å². The molecule has 0 atom stereocenters. The molecule has 0 saturated carbocycles. The Balaban J connectivity index is 2.42. The zero-order valence-corrected chi connectivity index (χ0v) is 10.5. The van der Waals surface area contributed by atoms with Crippen molar-refractivity contribution in [3.63, 3.8) is 0 Å². The summed E-state index contributed by atoms with van der Waals surface area (Å²) in [5.41, 5.74) is 1.32. The molecule has 0 aliphatic rings. The fraction of sp³-hybridized carbons (Fsp3) is 0.727. The van der Waals surface area contributed by atoms with Crippen molar-refractivity contribution in [3.8, 4) is 0 Å². The lowest BCUT2D eigenvalue weighted by Gasteiger charge is -2.25. The van der Waals surface area contributed by atoms with E-state index in [1.807, 2.05) is 10.9 Å². The average molecular weight is 230 g/mol. The summed E-state index contributed by atoms with van der Waals surface area (Å²) >= 11 is 5.74. The van der Waals surface area contributed by atoms with E-state index >= 15 is 0 Å². The summed E-state index contributed by atoms with van der Waals surface area (Å²) in [4.78, 5) is 0. The van der Waals surface area contributed by atoms with Gasteiger partial charge in [0.25, 0.3) is 0 Å². The van der Waals surface area contributed by atoms with Gasteiger partial charge in [0, 0.05) is 36.3 Å². The Morgan fingerprint density at radius 3 is 2.80 bits per heavy atom. The third-order valence-electron chi connectivity index (χ3n) is 2.50. The number of aryl methyl sites for hydroxylation is 1. The van der Waals surface area contributed by atoms with E-state index in [0.717, 1.165) is 19.5 Å². The molecule has 0 saturated heterocycles. The number of hydrogen-bond acceptors (Lipinski definition) is 2. The van der Waals surface area contributed by atoms with Crippen molar-refractivity contribution < 1.29 is 0 Å². The third-order valence-corrected chi connectivity index (χ3v) is 2.69. The molecule has 15 heavy (non-hydrogen) atoms. The van der Waals surface area contributed by atoms with E-state index in [9.17, 15) is 0 Å². The normalized spacial score (nSPS) is 12.0. The highest BCUT2D eigenvalue weighted by Crippen LogP contribution is 2.10. The van der Waals surface area contributed by atoms with E-state index in [2.05, 4.69) is 37.4 Å². The summed E-state index contributed by atoms with van der Waals surface area (Å²) in [6.07, 6.45) is 4.95. The van der Waals surface area contributed by atoms with Gasteiger partial charge in [-0.1, -0.05) is 0 Å². The Morgan fingerprint density at radius 1 is 1.53 bits per heavy atom. The predicted molar refractivity (Wildman–Crippen MR) is 64.2 cm³/mol. The minimum atomic E-state index is 0.0933. The Labute approximate surface area is 96.8 Å². The second-order valence-corrected chi connectivity index (χ2v) is 4.76. The van der Waals surface area contributed by atoms with Crippen molar-refractivity contribution in [1.82, 2.24) is 15.1 Å². The Bertz CT molecular complexity index is 294. The minimum Gasteiger partial charge on any atom is -0.308 e. The molecule has 0 fully saturated rings. The highest BCUT2D eigenvalue weighted by molar-refractivity contribution is 6.17. The van der Waals surface area contributed by atoms with Crippen molar-refractivity contribution >= 4 is 11.6 Å². The molecule has 0 aliphatic carbocycles. The molecule has 0 aliphatic heterocycles. The maximum Gasteiger partial charge on any atom is 0.0534 e. The van der Waals surface area contributed by atoms with Crippen LogP contribution in [0.15, 0.2) is 12.4 Å². The molecular weight excluding hydrogens is 210 g/mol. The van der Waals surface area contributed by atoms with Gasteiger partial charge in [-0.2, -0.15) is 5.10 Å². The number of nitrogens with one attached hydrogen (secondary N) is 1. The van der Waals surface area contributed by atoms with Crippen molar-refractivity contribution in [2.75, 3.05) is 5.88 Å². The van der Waals surface area contributed by atoms with Crippen LogP contribution in [0.25, 0.3) is 0 Å². The van der Waals surface area contributed by atoms with Gasteiger partial charge in [0.2, 0.25) is 0 Å². The largest absolute Gasteiger partial charge is 0.308 e. The van der Waals surface area contributed by atoms with Gasteiger partial charge >= 0.3 is 0 Å². The maximum atomic E-state index is 5.74. The van der Waals surface area contributed by atoms with Crippen LogP contribution in [0.2, 0.25) is 0 Å². The van der Waals surface area contributed by atoms with Crippen LogP contribution in [-0.2, 0) is 13.1 Å². The lowest BCUT2D eigenvalue weighted by atomic mass is 10.0. The summed E-state index contributed by atoms with van der Waals surface area (Å²) in [7, 11) is 0. The number of hydrogen-bond donors (Lipinski definition) is 1. The highest BCUT2D eigenvalue weighted by Gasteiger charge is 2.15. The molecule has 1 aromatic heterocycles. The topological polar surface area (TPSA) is 29.9 Å². The highest BCUT2D eigenvalue weighted by atomic mass is 35.5. The lowest BCUT2D eigenvalue weighted by Crippen LogP contribution is -2.38. The third kappa shape index (κ3) is 4.22. The number of rotatable bonds is 6. The van der Waals surface area contributed by atoms with Crippen LogP contribution < -0.4 is 5.32 Å². The quantitative estimate of drug-likeness (QED) is 0.760. The molecule has 0 aromatic carbocycles. The molecule has 0 spiro atoms. The minimum absolute atomic E-state index is 0.0933. The fourth-order valence-electron chi connectivity index (χ4n) is 1.34. The van der Waals surface area contributed by atoms with E-state index < -0.39 is 0 Å². The van der Waals surface area contributed by atoms with Crippen LogP contribution in [0.3, 0.4) is 0 Å². The predicted octanol–water partition coefficient (Wildman–Crippen LogP) is 2.40. The smallest absolute Gasteiger partial charge is 0.0534 e. The van der Waals surface area contributed by atoms with E-state index in [1.54, 1.807) is 0 Å². The summed E-state index contributed by atoms with van der Waals surface area (Å²) in [5, 5.41) is 7.71. The average Bonchev–Trinajstić information content (AvgIpc) is 2.62. The molecule has 0 radical (unpaired) electrons. The van der Waals surface area contributed by atoms with E-state index in [-0.39, 0.29) is 5.54 Å². The van der Waals surface area contributed by atoms with Crippen molar-refractivity contribution in [2.24, 2.45) is 0 Å². The number of aromatic nitrogens is 2. The maximum absolute atomic E-state index is 5.74.